The molecular formula is C18H18ClNO3. The molecule has 1 N–H and O–H groups in total. The van der Waals surface area contributed by atoms with Crippen LogP contribution in [0.5, 0.6) is 0 Å². The Morgan fingerprint density at radius 1 is 1.09 bits per heavy atom. The van der Waals surface area contributed by atoms with Crippen LogP contribution in [0.25, 0.3) is 0 Å². The molecule has 4 nitrogen and oxygen atoms in total. The van der Waals surface area contributed by atoms with Crippen LogP contribution in [0.1, 0.15) is 17.5 Å². The van der Waals surface area contributed by atoms with Crippen molar-refractivity contribution >= 4 is 29.2 Å². The van der Waals surface area contributed by atoms with Gasteiger partial charge in [0.25, 0.3) is 5.91 Å². The van der Waals surface area contributed by atoms with Crippen molar-refractivity contribution in [3.63, 3.8) is 0 Å². The highest BCUT2D eigenvalue weighted by Crippen LogP contribution is 2.22. The number of rotatable bonds is 6. The summed E-state index contributed by atoms with van der Waals surface area (Å²) in [4.78, 5) is 23.5. The monoisotopic (exact) mass is 331 g/mol. The molecule has 0 bridgehead atoms. The molecule has 0 aliphatic heterocycles. The smallest absolute Gasteiger partial charge is 0.306 e. The highest BCUT2D eigenvalue weighted by molar-refractivity contribution is 6.31. The quantitative estimate of drug-likeness (QED) is 0.820. The van der Waals surface area contributed by atoms with Gasteiger partial charge in [0.2, 0.25) is 0 Å². The van der Waals surface area contributed by atoms with Gasteiger partial charge in [-0.2, -0.15) is 0 Å². The van der Waals surface area contributed by atoms with Crippen LogP contribution in [0.15, 0.2) is 48.5 Å². The molecule has 0 aromatic heterocycles. The number of hydrogen-bond donors (Lipinski definition) is 1. The number of hydrogen-bond acceptors (Lipinski definition) is 3. The third kappa shape index (κ3) is 5.42. The predicted molar refractivity (Wildman–Crippen MR) is 90.5 cm³/mol. The molecule has 2 rings (SSSR count). The number of ether oxygens (including phenoxy) is 1. The van der Waals surface area contributed by atoms with Crippen molar-refractivity contribution in [2.75, 3.05) is 11.9 Å². The average Bonchev–Trinajstić information content (AvgIpc) is 2.56. The molecule has 2 aromatic carbocycles. The SMILES string of the molecule is Cc1c(Cl)cccc1NC(=O)COC(=O)CCc1ccccc1. The van der Waals surface area contributed by atoms with E-state index in [0.29, 0.717) is 17.1 Å². The first-order chi connectivity index (χ1) is 11.1. The summed E-state index contributed by atoms with van der Waals surface area (Å²) < 4.78 is 4.98. The van der Waals surface area contributed by atoms with E-state index in [1.54, 1.807) is 18.2 Å². The second kappa shape index (κ2) is 8.34. The molecule has 0 heterocycles. The summed E-state index contributed by atoms with van der Waals surface area (Å²) in [5, 5.41) is 3.25. The molecule has 2 aromatic rings. The highest BCUT2D eigenvalue weighted by atomic mass is 35.5. The maximum Gasteiger partial charge on any atom is 0.306 e. The van der Waals surface area contributed by atoms with Crippen LogP contribution in [0.2, 0.25) is 5.02 Å². The molecule has 0 spiro atoms. The van der Waals surface area contributed by atoms with Crippen LogP contribution < -0.4 is 5.32 Å². The summed E-state index contributed by atoms with van der Waals surface area (Å²) in [5.41, 5.74) is 2.45. The fourth-order valence-electron chi connectivity index (χ4n) is 2.04. The lowest BCUT2D eigenvalue weighted by Crippen LogP contribution is -2.21. The standard InChI is InChI=1S/C18H18ClNO3/c1-13-15(19)8-5-9-16(13)20-17(21)12-23-18(22)11-10-14-6-3-2-4-7-14/h2-9H,10-12H2,1H3,(H,20,21). The number of carbonyl (C=O) groups excluding carboxylic acids is 2. The minimum atomic E-state index is -0.396. The summed E-state index contributed by atoms with van der Waals surface area (Å²) in [7, 11) is 0. The number of anilines is 1. The molecule has 0 unspecified atom stereocenters. The first-order valence-corrected chi connectivity index (χ1v) is 7.68. The van der Waals surface area contributed by atoms with Crippen LogP contribution in [0.3, 0.4) is 0 Å². The lowest BCUT2D eigenvalue weighted by molar-refractivity contribution is -0.147. The Morgan fingerprint density at radius 2 is 1.83 bits per heavy atom. The Labute approximate surface area is 140 Å². The molecule has 0 saturated heterocycles. The third-order valence-electron chi connectivity index (χ3n) is 3.37. The second-order valence-electron chi connectivity index (χ2n) is 5.11. The van der Waals surface area contributed by atoms with E-state index in [2.05, 4.69) is 5.32 Å². The van der Waals surface area contributed by atoms with E-state index >= 15 is 0 Å². The van der Waals surface area contributed by atoms with Gasteiger partial charge >= 0.3 is 5.97 Å². The number of amides is 1. The Hall–Kier alpha value is -2.33. The summed E-state index contributed by atoms with van der Waals surface area (Å²) in [6.07, 6.45) is 0.835. The van der Waals surface area contributed by atoms with E-state index < -0.39 is 5.97 Å². The van der Waals surface area contributed by atoms with Crippen LogP contribution in [-0.2, 0) is 20.7 Å². The molecule has 23 heavy (non-hydrogen) atoms. The molecule has 1 amide bonds. The molecule has 0 fully saturated rings. The number of halogens is 1. The van der Waals surface area contributed by atoms with E-state index in [9.17, 15) is 9.59 Å². The van der Waals surface area contributed by atoms with Crippen molar-refractivity contribution in [1.29, 1.82) is 0 Å². The number of esters is 1. The number of carbonyl (C=O) groups is 2. The average molecular weight is 332 g/mol. The van der Waals surface area contributed by atoms with Crippen molar-refractivity contribution in [2.45, 2.75) is 19.8 Å². The molecule has 0 aliphatic rings. The fraction of sp³-hybridized carbons (Fsp3) is 0.222. The first-order valence-electron chi connectivity index (χ1n) is 7.31. The minimum Gasteiger partial charge on any atom is -0.456 e. The van der Waals surface area contributed by atoms with Gasteiger partial charge in [-0.25, -0.2) is 0 Å². The summed E-state index contributed by atoms with van der Waals surface area (Å²) in [6.45, 7) is 1.50. The Balaban J connectivity index is 1.75. The first kappa shape index (κ1) is 17.0. The van der Waals surface area contributed by atoms with Crippen LogP contribution >= 0.6 is 11.6 Å². The van der Waals surface area contributed by atoms with E-state index in [1.165, 1.54) is 0 Å². The zero-order valence-electron chi connectivity index (χ0n) is 12.8. The lowest BCUT2D eigenvalue weighted by Gasteiger charge is -2.10. The van der Waals surface area contributed by atoms with Gasteiger partial charge in [0.05, 0.1) is 0 Å². The predicted octanol–water partition coefficient (Wildman–Crippen LogP) is 3.76. The van der Waals surface area contributed by atoms with Crippen molar-refractivity contribution < 1.29 is 14.3 Å². The third-order valence-corrected chi connectivity index (χ3v) is 3.78. The minimum absolute atomic E-state index is 0.244. The maximum atomic E-state index is 11.8. The van der Waals surface area contributed by atoms with E-state index in [1.807, 2.05) is 37.3 Å². The highest BCUT2D eigenvalue weighted by Gasteiger charge is 2.10. The van der Waals surface area contributed by atoms with Crippen molar-refractivity contribution in [3.05, 3.63) is 64.7 Å². The summed E-state index contributed by atoms with van der Waals surface area (Å²) >= 11 is 5.99. The Kier molecular flexibility index (Phi) is 6.18. The fourth-order valence-corrected chi connectivity index (χ4v) is 2.21. The lowest BCUT2D eigenvalue weighted by atomic mass is 10.1. The number of aryl methyl sites for hydroxylation is 1. The number of nitrogens with one attached hydrogen (secondary N) is 1. The van der Waals surface area contributed by atoms with Gasteiger partial charge in [0, 0.05) is 17.1 Å². The van der Waals surface area contributed by atoms with Crippen molar-refractivity contribution in [1.82, 2.24) is 0 Å². The van der Waals surface area contributed by atoms with E-state index in [4.69, 9.17) is 16.3 Å². The van der Waals surface area contributed by atoms with Gasteiger partial charge in [0.15, 0.2) is 6.61 Å². The second-order valence-corrected chi connectivity index (χ2v) is 5.51. The maximum absolute atomic E-state index is 11.8. The zero-order chi connectivity index (χ0) is 16.7. The topological polar surface area (TPSA) is 55.4 Å². The van der Waals surface area contributed by atoms with E-state index in [0.717, 1.165) is 11.1 Å². The van der Waals surface area contributed by atoms with Crippen LogP contribution in [-0.4, -0.2) is 18.5 Å². The largest absolute Gasteiger partial charge is 0.456 e. The van der Waals surface area contributed by atoms with Crippen molar-refractivity contribution in [3.8, 4) is 0 Å². The normalized spacial score (nSPS) is 10.2. The summed E-state index contributed by atoms with van der Waals surface area (Å²) in [6, 6.07) is 14.9. The van der Waals surface area contributed by atoms with Gasteiger partial charge < -0.3 is 10.1 Å². The molecule has 0 radical (unpaired) electrons. The molecule has 0 saturated carbocycles. The molecule has 0 atom stereocenters. The molecule has 5 heteroatoms. The van der Waals surface area contributed by atoms with E-state index in [-0.39, 0.29) is 18.9 Å². The zero-order valence-corrected chi connectivity index (χ0v) is 13.6. The van der Waals surface area contributed by atoms with Gasteiger partial charge in [0.1, 0.15) is 0 Å². The summed E-state index contributed by atoms with van der Waals surface area (Å²) in [5.74, 6) is -0.782. The number of benzene rings is 2. The van der Waals surface area contributed by atoms with Gasteiger partial charge in [-0.15, -0.1) is 0 Å². The Bertz CT molecular complexity index is 686. The van der Waals surface area contributed by atoms with Gasteiger partial charge in [-0.3, -0.25) is 9.59 Å². The Morgan fingerprint density at radius 3 is 2.57 bits per heavy atom. The van der Waals surface area contributed by atoms with Crippen LogP contribution in [0.4, 0.5) is 5.69 Å². The molecular weight excluding hydrogens is 314 g/mol. The van der Waals surface area contributed by atoms with Crippen molar-refractivity contribution in [2.24, 2.45) is 0 Å². The van der Waals surface area contributed by atoms with Crippen LogP contribution in [0, 0.1) is 6.92 Å². The van der Waals surface area contributed by atoms with Gasteiger partial charge in [-0.1, -0.05) is 48.0 Å². The van der Waals surface area contributed by atoms with Gasteiger partial charge in [-0.05, 0) is 36.6 Å². The molecule has 0 aliphatic carbocycles. The molecule has 120 valence electrons.